The maximum absolute atomic E-state index is 12.3. The van der Waals surface area contributed by atoms with E-state index in [1.165, 1.54) is 5.56 Å². The Kier molecular flexibility index (Phi) is 7.62. The molecule has 0 fully saturated rings. The van der Waals surface area contributed by atoms with Gasteiger partial charge in [-0.15, -0.1) is 0 Å². The molecule has 0 aliphatic heterocycles. The minimum atomic E-state index is -0.158. The normalized spacial score (nSPS) is 12.9. The van der Waals surface area contributed by atoms with Gasteiger partial charge in [0, 0.05) is 12.2 Å². The van der Waals surface area contributed by atoms with Crippen LogP contribution in [0.5, 0.6) is 0 Å². The predicted molar refractivity (Wildman–Crippen MR) is 88.0 cm³/mol. The average Bonchev–Trinajstić information content (AvgIpc) is 2.45. The first-order valence-corrected chi connectivity index (χ1v) is 7.91. The van der Waals surface area contributed by atoms with Crippen LogP contribution in [0.2, 0.25) is 0 Å². The Bertz CT molecular complexity index is 423. The molecule has 0 heterocycles. The number of hydrogen-bond donors (Lipinski definition) is 1. The number of Topliss-reactive ketones (excluding diaryl/α,β-unsaturated/α-hetero) is 1. The van der Waals surface area contributed by atoms with Crippen molar-refractivity contribution in [3.8, 4) is 0 Å². The topological polar surface area (TPSA) is 38.3 Å². The first kappa shape index (κ1) is 17.9. The molecule has 0 amide bonds. The van der Waals surface area contributed by atoms with Gasteiger partial charge in [0.2, 0.25) is 0 Å². The number of ether oxygens (including phenoxy) is 1. The summed E-state index contributed by atoms with van der Waals surface area (Å²) in [6.07, 6.45) is 1.19. The molecule has 0 radical (unpaired) electrons. The standard InChI is InChI=1S/C18H29NO2/c1-13(2)16-7-9-17(10-8-16)18(20)15(5)19-11-6-12-21-14(3)4/h7-10,13-15,19H,6,11-12H2,1-5H3. The van der Waals surface area contributed by atoms with Gasteiger partial charge in [0.05, 0.1) is 12.1 Å². The third-order valence-electron chi connectivity index (χ3n) is 3.48. The van der Waals surface area contributed by atoms with E-state index in [-0.39, 0.29) is 17.9 Å². The second-order valence-corrected chi connectivity index (χ2v) is 6.09. The Labute approximate surface area is 129 Å². The molecule has 0 aliphatic rings. The second kappa shape index (κ2) is 8.96. The highest BCUT2D eigenvalue weighted by Gasteiger charge is 2.14. The SMILES string of the molecule is CC(C)OCCCNC(C)C(=O)c1ccc(C(C)C)cc1. The lowest BCUT2D eigenvalue weighted by Crippen LogP contribution is -2.35. The maximum Gasteiger partial charge on any atom is 0.179 e. The van der Waals surface area contributed by atoms with E-state index in [0.717, 1.165) is 25.1 Å². The van der Waals surface area contributed by atoms with Crippen molar-refractivity contribution in [2.24, 2.45) is 0 Å². The first-order valence-electron chi connectivity index (χ1n) is 7.91. The van der Waals surface area contributed by atoms with Gasteiger partial charge in [0.15, 0.2) is 5.78 Å². The summed E-state index contributed by atoms with van der Waals surface area (Å²) in [5.41, 5.74) is 2.04. The first-order chi connectivity index (χ1) is 9.91. The fourth-order valence-electron chi connectivity index (χ4n) is 2.08. The van der Waals surface area contributed by atoms with E-state index in [2.05, 4.69) is 19.2 Å². The summed E-state index contributed by atoms with van der Waals surface area (Å²) in [6, 6.07) is 7.78. The molecular weight excluding hydrogens is 262 g/mol. The number of carbonyl (C=O) groups excluding carboxylic acids is 1. The third kappa shape index (κ3) is 6.40. The molecule has 3 heteroatoms. The van der Waals surface area contributed by atoms with Crippen molar-refractivity contribution in [1.29, 1.82) is 0 Å². The molecule has 1 unspecified atom stereocenters. The zero-order valence-electron chi connectivity index (χ0n) is 14.0. The zero-order chi connectivity index (χ0) is 15.8. The highest BCUT2D eigenvalue weighted by Crippen LogP contribution is 2.15. The quantitative estimate of drug-likeness (QED) is 0.556. The molecule has 1 aromatic carbocycles. The Hall–Kier alpha value is -1.19. The molecule has 21 heavy (non-hydrogen) atoms. The summed E-state index contributed by atoms with van der Waals surface area (Å²) in [5.74, 6) is 0.640. The minimum absolute atomic E-state index is 0.148. The van der Waals surface area contributed by atoms with Gasteiger partial charge in [-0.2, -0.15) is 0 Å². The second-order valence-electron chi connectivity index (χ2n) is 6.09. The van der Waals surface area contributed by atoms with Crippen LogP contribution in [0.15, 0.2) is 24.3 Å². The average molecular weight is 291 g/mol. The van der Waals surface area contributed by atoms with Gasteiger partial charge in [0.25, 0.3) is 0 Å². The largest absolute Gasteiger partial charge is 0.379 e. The van der Waals surface area contributed by atoms with Crippen LogP contribution >= 0.6 is 0 Å². The fraction of sp³-hybridized carbons (Fsp3) is 0.611. The van der Waals surface area contributed by atoms with Crippen molar-refractivity contribution in [3.05, 3.63) is 35.4 Å². The van der Waals surface area contributed by atoms with Gasteiger partial charge in [0.1, 0.15) is 0 Å². The highest BCUT2D eigenvalue weighted by atomic mass is 16.5. The number of carbonyl (C=O) groups is 1. The summed E-state index contributed by atoms with van der Waals surface area (Å²) < 4.78 is 5.48. The number of rotatable bonds is 9. The molecule has 0 aromatic heterocycles. The van der Waals surface area contributed by atoms with Crippen molar-refractivity contribution >= 4 is 5.78 Å². The molecule has 3 nitrogen and oxygen atoms in total. The smallest absolute Gasteiger partial charge is 0.179 e. The Morgan fingerprint density at radius 1 is 1.10 bits per heavy atom. The Morgan fingerprint density at radius 2 is 1.71 bits per heavy atom. The number of ketones is 1. The van der Waals surface area contributed by atoms with Crippen molar-refractivity contribution in [1.82, 2.24) is 5.32 Å². The maximum atomic E-state index is 12.3. The Morgan fingerprint density at radius 3 is 2.24 bits per heavy atom. The zero-order valence-corrected chi connectivity index (χ0v) is 14.0. The van der Waals surface area contributed by atoms with Gasteiger partial charge in [-0.1, -0.05) is 38.1 Å². The van der Waals surface area contributed by atoms with Crippen LogP contribution in [-0.4, -0.2) is 31.1 Å². The molecule has 1 atom stereocenters. The van der Waals surface area contributed by atoms with Gasteiger partial charge < -0.3 is 10.1 Å². The summed E-state index contributed by atoms with van der Waals surface area (Å²) in [4.78, 5) is 12.3. The van der Waals surface area contributed by atoms with E-state index in [9.17, 15) is 4.79 Å². The predicted octanol–water partition coefficient (Wildman–Crippen LogP) is 3.79. The third-order valence-corrected chi connectivity index (χ3v) is 3.48. The molecule has 0 saturated carbocycles. The lowest BCUT2D eigenvalue weighted by atomic mass is 9.99. The van der Waals surface area contributed by atoms with E-state index in [1.807, 2.05) is 45.0 Å². The highest BCUT2D eigenvalue weighted by molar-refractivity contribution is 5.99. The van der Waals surface area contributed by atoms with Crippen LogP contribution in [-0.2, 0) is 4.74 Å². The molecule has 1 aromatic rings. The van der Waals surface area contributed by atoms with Crippen molar-refractivity contribution in [2.45, 2.75) is 59.1 Å². The lowest BCUT2D eigenvalue weighted by molar-refractivity contribution is 0.0760. The van der Waals surface area contributed by atoms with E-state index >= 15 is 0 Å². The van der Waals surface area contributed by atoms with Gasteiger partial charge in [-0.25, -0.2) is 0 Å². The minimum Gasteiger partial charge on any atom is -0.379 e. The molecule has 1 N–H and O–H groups in total. The van der Waals surface area contributed by atoms with E-state index in [1.54, 1.807) is 0 Å². The lowest BCUT2D eigenvalue weighted by Gasteiger charge is -2.14. The van der Waals surface area contributed by atoms with Crippen LogP contribution in [0, 0.1) is 0 Å². The van der Waals surface area contributed by atoms with Crippen LogP contribution in [0.3, 0.4) is 0 Å². The van der Waals surface area contributed by atoms with Crippen molar-refractivity contribution < 1.29 is 9.53 Å². The fourth-order valence-corrected chi connectivity index (χ4v) is 2.08. The van der Waals surface area contributed by atoms with Gasteiger partial charge >= 0.3 is 0 Å². The van der Waals surface area contributed by atoms with E-state index < -0.39 is 0 Å². The van der Waals surface area contributed by atoms with Crippen molar-refractivity contribution in [2.75, 3.05) is 13.2 Å². The number of benzene rings is 1. The van der Waals surface area contributed by atoms with Crippen LogP contribution < -0.4 is 5.32 Å². The number of nitrogens with one attached hydrogen (secondary N) is 1. The summed E-state index contributed by atoms with van der Waals surface area (Å²) in [5, 5.41) is 3.26. The molecular formula is C18H29NO2. The molecule has 0 saturated heterocycles. The van der Waals surface area contributed by atoms with Crippen molar-refractivity contribution in [3.63, 3.8) is 0 Å². The van der Waals surface area contributed by atoms with E-state index in [0.29, 0.717) is 5.92 Å². The van der Waals surface area contributed by atoms with Gasteiger partial charge in [-0.3, -0.25) is 4.79 Å². The van der Waals surface area contributed by atoms with E-state index in [4.69, 9.17) is 4.74 Å². The molecule has 0 spiro atoms. The van der Waals surface area contributed by atoms with Crippen LogP contribution in [0.25, 0.3) is 0 Å². The summed E-state index contributed by atoms with van der Waals surface area (Å²) >= 11 is 0. The molecule has 0 bridgehead atoms. The Balaban J connectivity index is 2.39. The van der Waals surface area contributed by atoms with Crippen LogP contribution in [0.1, 0.15) is 62.9 Å². The molecule has 1 rings (SSSR count). The van der Waals surface area contributed by atoms with Crippen LogP contribution in [0.4, 0.5) is 0 Å². The van der Waals surface area contributed by atoms with Gasteiger partial charge in [-0.05, 0) is 45.2 Å². The monoisotopic (exact) mass is 291 g/mol. The number of hydrogen-bond acceptors (Lipinski definition) is 3. The molecule has 0 aliphatic carbocycles. The summed E-state index contributed by atoms with van der Waals surface area (Å²) in [7, 11) is 0. The molecule has 118 valence electrons. The summed E-state index contributed by atoms with van der Waals surface area (Å²) in [6.45, 7) is 11.8.